The Morgan fingerprint density at radius 1 is 1.40 bits per heavy atom. The number of likely N-dealkylation sites (tertiary alicyclic amines) is 1. The normalized spacial score (nSPS) is 20.4. The van der Waals surface area contributed by atoms with Gasteiger partial charge in [0.15, 0.2) is 5.78 Å². The molecule has 1 atom stereocenters. The lowest BCUT2D eigenvalue weighted by atomic mass is 10.0. The van der Waals surface area contributed by atoms with Crippen molar-refractivity contribution in [1.82, 2.24) is 9.80 Å². The van der Waals surface area contributed by atoms with E-state index >= 15 is 0 Å². The molecular formula is C15H20F2N2O. The molecule has 1 aromatic carbocycles. The van der Waals surface area contributed by atoms with Crippen LogP contribution in [0.1, 0.15) is 23.2 Å². The summed E-state index contributed by atoms with van der Waals surface area (Å²) in [6, 6.07) is 3.41. The lowest BCUT2D eigenvalue weighted by Gasteiger charge is -2.35. The Morgan fingerprint density at radius 2 is 2.15 bits per heavy atom. The number of rotatable bonds is 4. The molecule has 0 saturated carbocycles. The van der Waals surface area contributed by atoms with Crippen molar-refractivity contribution >= 4 is 5.78 Å². The van der Waals surface area contributed by atoms with Crippen LogP contribution in [-0.2, 0) is 0 Å². The fourth-order valence-corrected chi connectivity index (χ4v) is 2.60. The van der Waals surface area contributed by atoms with Crippen LogP contribution in [-0.4, -0.2) is 55.4 Å². The summed E-state index contributed by atoms with van der Waals surface area (Å²) >= 11 is 0. The van der Waals surface area contributed by atoms with Gasteiger partial charge < -0.3 is 4.90 Å². The zero-order chi connectivity index (χ0) is 14.7. The molecule has 1 unspecified atom stereocenters. The van der Waals surface area contributed by atoms with Gasteiger partial charge in [-0.1, -0.05) is 0 Å². The van der Waals surface area contributed by atoms with Crippen LogP contribution in [0.2, 0.25) is 0 Å². The van der Waals surface area contributed by atoms with Gasteiger partial charge in [0.25, 0.3) is 0 Å². The van der Waals surface area contributed by atoms with Gasteiger partial charge in [0.05, 0.1) is 12.1 Å². The highest BCUT2D eigenvalue weighted by Gasteiger charge is 2.24. The number of carbonyl (C=O) groups is 1. The summed E-state index contributed by atoms with van der Waals surface area (Å²) < 4.78 is 26.7. The molecule has 1 aliphatic heterocycles. The van der Waals surface area contributed by atoms with Gasteiger partial charge >= 0.3 is 0 Å². The molecular weight excluding hydrogens is 262 g/mol. The maximum Gasteiger partial charge on any atom is 0.179 e. The summed E-state index contributed by atoms with van der Waals surface area (Å²) in [6.45, 7) is 1.76. The quantitative estimate of drug-likeness (QED) is 0.791. The molecule has 1 aromatic rings. The summed E-state index contributed by atoms with van der Waals surface area (Å²) in [5.41, 5.74) is -0.156. The van der Waals surface area contributed by atoms with Gasteiger partial charge in [-0.2, -0.15) is 0 Å². The zero-order valence-electron chi connectivity index (χ0n) is 11.9. The lowest BCUT2D eigenvalue weighted by molar-refractivity contribution is 0.0848. The van der Waals surface area contributed by atoms with Crippen LogP contribution in [0.15, 0.2) is 18.2 Å². The van der Waals surface area contributed by atoms with Gasteiger partial charge in [0.1, 0.15) is 11.6 Å². The van der Waals surface area contributed by atoms with E-state index in [-0.39, 0.29) is 17.9 Å². The highest BCUT2D eigenvalue weighted by Crippen LogP contribution is 2.16. The van der Waals surface area contributed by atoms with Crippen molar-refractivity contribution in [3.8, 4) is 0 Å². The smallest absolute Gasteiger partial charge is 0.179 e. The number of nitrogens with zero attached hydrogens (tertiary/aromatic N) is 2. The summed E-state index contributed by atoms with van der Waals surface area (Å²) in [5.74, 6) is -1.60. The minimum atomic E-state index is -0.655. The van der Waals surface area contributed by atoms with Gasteiger partial charge in [-0.3, -0.25) is 9.69 Å². The molecule has 0 aliphatic carbocycles. The van der Waals surface area contributed by atoms with Crippen molar-refractivity contribution in [3.63, 3.8) is 0 Å². The van der Waals surface area contributed by atoms with Crippen molar-refractivity contribution in [3.05, 3.63) is 35.4 Å². The molecule has 5 heteroatoms. The fourth-order valence-electron chi connectivity index (χ4n) is 2.60. The number of piperidine rings is 1. The molecule has 0 bridgehead atoms. The fraction of sp³-hybridized carbons (Fsp3) is 0.533. The number of Topliss-reactive ketones (excluding diaryl/α,β-unsaturated/α-hetero) is 1. The largest absolute Gasteiger partial charge is 0.305 e. The Bertz CT molecular complexity index is 491. The van der Waals surface area contributed by atoms with Crippen LogP contribution in [0.25, 0.3) is 0 Å². The van der Waals surface area contributed by atoms with Gasteiger partial charge in [-0.25, -0.2) is 8.78 Å². The summed E-state index contributed by atoms with van der Waals surface area (Å²) in [7, 11) is 4.03. The van der Waals surface area contributed by atoms with E-state index in [1.54, 1.807) is 0 Å². The number of halogens is 2. The van der Waals surface area contributed by atoms with E-state index < -0.39 is 11.6 Å². The Labute approximate surface area is 118 Å². The van der Waals surface area contributed by atoms with Crippen LogP contribution >= 0.6 is 0 Å². The minimum Gasteiger partial charge on any atom is -0.305 e. The third-order valence-electron chi connectivity index (χ3n) is 3.81. The molecule has 0 N–H and O–H groups in total. The molecule has 110 valence electrons. The molecule has 1 heterocycles. The van der Waals surface area contributed by atoms with Crippen molar-refractivity contribution in [2.45, 2.75) is 18.9 Å². The molecule has 20 heavy (non-hydrogen) atoms. The monoisotopic (exact) mass is 282 g/mol. The predicted octanol–water partition coefficient (Wildman–Crippen LogP) is 2.17. The Balaban J connectivity index is 2.02. The first kappa shape index (κ1) is 15.1. The van der Waals surface area contributed by atoms with Crippen LogP contribution in [0.5, 0.6) is 0 Å². The first-order chi connectivity index (χ1) is 9.47. The first-order valence-electron chi connectivity index (χ1n) is 6.84. The third-order valence-corrected chi connectivity index (χ3v) is 3.81. The number of carbonyl (C=O) groups excluding carboxylic acids is 1. The van der Waals surface area contributed by atoms with E-state index in [0.717, 1.165) is 44.1 Å². The lowest BCUT2D eigenvalue weighted by Crippen LogP contribution is -2.46. The number of benzene rings is 1. The second-order valence-electron chi connectivity index (χ2n) is 5.54. The van der Waals surface area contributed by atoms with E-state index in [9.17, 15) is 13.6 Å². The first-order valence-corrected chi connectivity index (χ1v) is 6.84. The predicted molar refractivity (Wildman–Crippen MR) is 73.8 cm³/mol. The molecule has 0 radical (unpaired) electrons. The van der Waals surface area contributed by atoms with Gasteiger partial charge in [0.2, 0.25) is 0 Å². The van der Waals surface area contributed by atoms with Gasteiger partial charge in [-0.05, 0) is 51.7 Å². The summed E-state index contributed by atoms with van der Waals surface area (Å²) in [4.78, 5) is 16.3. The van der Waals surface area contributed by atoms with Crippen molar-refractivity contribution in [2.24, 2.45) is 0 Å². The van der Waals surface area contributed by atoms with E-state index in [1.165, 1.54) is 0 Å². The highest BCUT2D eigenvalue weighted by molar-refractivity contribution is 5.97. The number of hydrogen-bond acceptors (Lipinski definition) is 3. The molecule has 0 amide bonds. The van der Waals surface area contributed by atoms with E-state index in [0.29, 0.717) is 6.04 Å². The second-order valence-corrected chi connectivity index (χ2v) is 5.54. The Morgan fingerprint density at radius 3 is 2.85 bits per heavy atom. The topological polar surface area (TPSA) is 23.6 Å². The molecule has 1 saturated heterocycles. The van der Waals surface area contributed by atoms with Crippen LogP contribution in [0.3, 0.4) is 0 Å². The third kappa shape index (κ3) is 3.61. The van der Waals surface area contributed by atoms with Crippen LogP contribution in [0, 0.1) is 11.6 Å². The maximum atomic E-state index is 13.6. The van der Waals surface area contributed by atoms with E-state index in [4.69, 9.17) is 0 Å². The van der Waals surface area contributed by atoms with Crippen LogP contribution in [0.4, 0.5) is 8.78 Å². The van der Waals surface area contributed by atoms with E-state index in [2.05, 4.69) is 4.90 Å². The molecule has 2 rings (SSSR count). The van der Waals surface area contributed by atoms with Gasteiger partial charge in [0, 0.05) is 12.6 Å². The van der Waals surface area contributed by atoms with Gasteiger partial charge in [-0.15, -0.1) is 0 Å². The maximum absolute atomic E-state index is 13.6. The number of hydrogen-bond donors (Lipinski definition) is 0. The number of likely N-dealkylation sites (N-methyl/N-ethyl adjacent to an activating group) is 1. The highest BCUT2D eigenvalue weighted by atomic mass is 19.1. The average molecular weight is 282 g/mol. The van der Waals surface area contributed by atoms with Crippen LogP contribution < -0.4 is 0 Å². The molecule has 3 nitrogen and oxygen atoms in total. The number of ketones is 1. The second kappa shape index (κ2) is 6.41. The van der Waals surface area contributed by atoms with Crippen molar-refractivity contribution in [1.29, 1.82) is 0 Å². The summed E-state index contributed by atoms with van der Waals surface area (Å²) in [6.07, 6.45) is 2.12. The standard InChI is InChI=1S/C15H20F2N2O/c1-18(2)12-4-3-7-19(9-12)10-15(20)13-8-11(16)5-6-14(13)17/h5-6,8,12H,3-4,7,9-10H2,1-2H3. The van der Waals surface area contributed by atoms with Crippen molar-refractivity contribution in [2.75, 3.05) is 33.7 Å². The minimum absolute atomic E-state index is 0.144. The molecule has 1 aliphatic rings. The Hall–Kier alpha value is -1.33. The van der Waals surface area contributed by atoms with E-state index in [1.807, 2.05) is 19.0 Å². The Kier molecular flexibility index (Phi) is 4.83. The molecule has 0 aromatic heterocycles. The zero-order valence-corrected chi connectivity index (χ0v) is 11.9. The summed E-state index contributed by atoms with van der Waals surface area (Å²) in [5, 5.41) is 0. The molecule has 0 spiro atoms. The molecule has 1 fully saturated rings. The average Bonchev–Trinajstić information content (AvgIpc) is 2.41. The van der Waals surface area contributed by atoms with Crippen molar-refractivity contribution < 1.29 is 13.6 Å². The SMILES string of the molecule is CN(C)C1CCCN(CC(=O)c2cc(F)ccc2F)C1.